The van der Waals surface area contributed by atoms with Crippen molar-refractivity contribution >= 4 is 33.6 Å². The number of carbonyl (C=O) groups is 1. The fraction of sp³-hybridized carbons (Fsp3) is 0.222. The molecule has 0 atom stereocenters. The number of carbonyl (C=O) groups excluding carboxylic acids is 1. The molecule has 1 aromatic heterocycles. The predicted molar refractivity (Wildman–Crippen MR) is 55.0 cm³/mol. The Hall–Kier alpha value is -0.590. The van der Waals surface area contributed by atoms with Gasteiger partial charge in [-0.3, -0.25) is 4.79 Å². The molecule has 0 bridgehead atoms. The lowest BCUT2D eigenvalue weighted by atomic mass is 10.2. The summed E-state index contributed by atoms with van der Waals surface area (Å²) < 4.78 is 0. The van der Waals surface area contributed by atoms with Gasteiger partial charge >= 0.3 is 0 Å². The average molecular weight is 243 g/mol. The molecule has 0 fully saturated rings. The highest BCUT2D eigenvalue weighted by atomic mass is 79.9. The summed E-state index contributed by atoms with van der Waals surface area (Å²) in [7, 11) is 0. The van der Waals surface area contributed by atoms with Gasteiger partial charge in [-0.15, -0.1) is 11.3 Å². The third-order valence-electron chi connectivity index (χ3n) is 1.24. The Bertz CT molecular complexity index is 319. The Morgan fingerprint density at radius 1 is 1.67 bits per heavy atom. The fourth-order valence-corrected chi connectivity index (χ4v) is 1.57. The lowest BCUT2D eigenvalue weighted by molar-refractivity contribution is 0.112. The lowest BCUT2D eigenvalue weighted by Crippen LogP contribution is -1.77. The molecule has 0 spiro atoms. The summed E-state index contributed by atoms with van der Waals surface area (Å²) in [4.78, 5) is 11.2. The second-order valence-electron chi connectivity index (χ2n) is 2.06. The van der Waals surface area contributed by atoms with Gasteiger partial charge in [0.2, 0.25) is 0 Å². The minimum Gasteiger partial charge on any atom is -0.297 e. The number of hydrogen-bond donors (Lipinski definition) is 0. The topological polar surface area (TPSA) is 17.1 Å². The monoisotopic (exact) mass is 242 g/mol. The van der Waals surface area contributed by atoms with E-state index in [1.807, 2.05) is 11.4 Å². The molecule has 0 radical (unpaired) electrons. The van der Waals surface area contributed by atoms with Crippen LogP contribution in [0.4, 0.5) is 0 Å². The highest BCUT2D eigenvalue weighted by Gasteiger charge is 1.97. The van der Waals surface area contributed by atoms with Crippen molar-refractivity contribution in [2.75, 3.05) is 5.33 Å². The van der Waals surface area contributed by atoms with E-state index in [2.05, 4.69) is 27.8 Å². The van der Waals surface area contributed by atoms with Gasteiger partial charge in [0.25, 0.3) is 0 Å². The molecule has 0 aliphatic carbocycles. The van der Waals surface area contributed by atoms with Crippen molar-refractivity contribution in [2.45, 2.75) is 6.42 Å². The molecule has 1 nitrogen and oxygen atoms in total. The maximum absolute atomic E-state index is 10.5. The van der Waals surface area contributed by atoms with E-state index in [1.54, 1.807) is 0 Å². The summed E-state index contributed by atoms with van der Waals surface area (Å²) in [5.74, 6) is 5.91. The maximum Gasteiger partial charge on any atom is 0.161 e. The van der Waals surface area contributed by atoms with Gasteiger partial charge in [-0.2, -0.15) is 0 Å². The van der Waals surface area contributed by atoms with Crippen molar-refractivity contribution in [1.82, 2.24) is 0 Å². The van der Waals surface area contributed by atoms with Crippen molar-refractivity contribution in [1.29, 1.82) is 0 Å². The molecule has 1 rings (SSSR count). The first-order valence-electron chi connectivity index (χ1n) is 3.46. The van der Waals surface area contributed by atoms with Gasteiger partial charge < -0.3 is 0 Å². The van der Waals surface area contributed by atoms with Crippen LogP contribution in [0.5, 0.6) is 0 Å². The first kappa shape index (κ1) is 9.50. The fourth-order valence-electron chi connectivity index (χ4n) is 0.720. The molecule has 0 saturated heterocycles. The van der Waals surface area contributed by atoms with E-state index >= 15 is 0 Å². The molecule has 62 valence electrons. The van der Waals surface area contributed by atoms with Crippen LogP contribution >= 0.6 is 27.3 Å². The van der Waals surface area contributed by atoms with E-state index in [0.29, 0.717) is 0 Å². The van der Waals surface area contributed by atoms with Gasteiger partial charge in [-0.05, 0) is 11.4 Å². The van der Waals surface area contributed by atoms with Crippen LogP contribution < -0.4 is 0 Å². The smallest absolute Gasteiger partial charge is 0.161 e. The summed E-state index contributed by atoms with van der Waals surface area (Å²) >= 11 is 4.71. The molecule has 0 N–H and O–H groups in total. The number of alkyl halides is 1. The molecule has 12 heavy (non-hydrogen) atoms. The molecule has 0 amide bonds. The van der Waals surface area contributed by atoms with Crippen LogP contribution in [-0.2, 0) is 0 Å². The van der Waals surface area contributed by atoms with Crippen LogP contribution in [0.3, 0.4) is 0 Å². The van der Waals surface area contributed by atoms with Gasteiger partial charge in [0.1, 0.15) is 0 Å². The van der Waals surface area contributed by atoms with Gasteiger partial charge in [0.05, 0.1) is 4.88 Å². The second-order valence-corrected chi connectivity index (χ2v) is 3.80. The van der Waals surface area contributed by atoms with Crippen molar-refractivity contribution in [3.63, 3.8) is 0 Å². The predicted octanol–water partition coefficient (Wildman–Crippen LogP) is 2.70. The molecule has 0 unspecified atom stereocenters. The normalized spacial score (nSPS) is 8.75. The van der Waals surface area contributed by atoms with Crippen LogP contribution in [0.15, 0.2) is 11.4 Å². The standard InChI is InChI=1S/C9H7BrOS/c10-5-2-1-3-8-4-6-12-9(8)7-11/h4,6-7H,2,5H2. The summed E-state index contributed by atoms with van der Waals surface area (Å²) in [6, 6.07) is 1.87. The quantitative estimate of drug-likeness (QED) is 0.443. The third-order valence-corrected chi connectivity index (χ3v) is 2.48. The van der Waals surface area contributed by atoms with Gasteiger partial charge in [0.15, 0.2) is 6.29 Å². The molecule has 3 heteroatoms. The van der Waals surface area contributed by atoms with Crippen molar-refractivity contribution in [3.8, 4) is 11.8 Å². The molecule has 1 aromatic rings. The molecule has 0 saturated carbocycles. The largest absolute Gasteiger partial charge is 0.297 e. The van der Waals surface area contributed by atoms with E-state index < -0.39 is 0 Å². The minimum absolute atomic E-state index is 0.720. The van der Waals surface area contributed by atoms with Crippen LogP contribution in [0.2, 0.25) is 0 Å². The lowest BCUT2D eigenvalue weighted by Gasteiger charge is -1.82. The highest BCUT2D eigenvalue weighted by molar-refractivity contribution is 9.09. The molecule has 0 aromatic carbocycles. The van der Waals surface area contributed by atoms with Crippen LogP contribution in [0.25, 0.3) is 0 Å². The first-order chi connectivity index (χ1) is 5.88. The van der Waals surface area contributed by atoms with Crippen LogP contribution in [-0.4, -0.2) is 11.6 Å². The van der Waals surface area contributed by atoms with Crippen molar-refractivity contribution in [2.24, 2.45) is 0 Å². The van der Waals surface area contributed by atoms with E-state index in [9.17, 15) is 4.79 Å². The molecule has 0 aliphatic heterocycles. The highest BCUT2D eigenvalue weighted by Crippen LogP contribution is 2.12. The summed E-state index contributed by atoms with van der Waals surface area (Å²) in [5, 5.41) is 2.75. The molecular formula is C9H7BrOS. The maximum atomic E-state index is 10.5. The molecule has 1 heterocycles. The number of aldehydes is 1. The number of thiophene rings is 1. The zero-order valence-electron chi connectivity index (χ0n) is 6.34. The minimum atomic E-state index is 0.720. The van der Waals surface area contributed by atoms with Crippen molar-refractivity contribution in [3.05, 3.63) is 21.9 Å². The SMILES string of the molecule is O=Cc1sccc1C#CCCBr. The first-order valence-corrected chi connectivity index (χ1v) is 5.46. The number of halogens is 1. The third kappa shape index (κ3) is 2.47. The zero-order chi connectivity index (χ0) is 8.81. The Balaban J connectivity index is 2.76. The Labute approximate surface area is 83.9 Å². The van der Waals surface area contributed by atoms with E-state index in [0.717, 1.165) is 28.5 Å². The Morgan fingerprint density at radius 2 is 2.50 bits per heavy atom. The van der Waals surface area contributed by atoms with E-state index in [-0.39, 0.29) is 0 Å². The number of rotatable bonds is 2. The van der Waals surface area contributed by atoms with Gasteiger partial charge in [-0.25, -0.2) is 0 Å². The summed E-state index contributed by atoms with van der Waals surface area (Å²) in [6.45, 7) is 0. The van der Waals surface area contributed by atoms with Crippen LogP contribution in [0.1, 0.15) is 21.7 Å². The molecular weight excluding hydrogens is 236 g/mol. The van der Waals surface area contributed by atoms with Gasteiger partial charge in [0, 0.05) is 17.3 Å². The van der Waals surface area contributed by atoms with Crippen molar-refractivity contribution < 1.29 is 4.79 Å². The summed E-state index contributed by atoms with van der Waals surface area (Å²) in [6.07, 6.45) is 1.66. The second kappa shape index (κ2) is 5.13. The number of hydrogen-bond acceptors (Lipinski definition) is 2. The Kier molecular flexibility index (Phi) is 4.06. The zero-order valence-corrected chi connectivity index (χ0v) is 8.74. The summed E-state index contributed by atoms with van der Waals surface area (Å²) in [5.41, 5.74) is 0.843. The van der Waals surface area contributed by atoms with E-state index in [4.69, 9.17) is 0 Å². The average Bonchev–Trinajstić information content (AvgIpc) is 2.52. The van der Waals surface area contributed by atoms with Gasteiger partial charge in [-0.1, -0.05) is 27.8 Å². The molecule has 0 aliphatic rings. The Morgan fingerprint density at radius 3 is 3.17 bits per heavy atom. The van der Waals surface area contributed by atoms with E-state index in [1.165, 1.54) is 11.3 Å². The van der Waals surface area contributed by atoms with Crippen LogP contribution in [0, 0.1) is 11.8 Å².